The number of hydrogen-bond acceptors (Lipinski definition) is 8. The van der Waals surface area contributed by atoms with Crippen LogP contribution in [-0.2, 0) is 16.2 Å². The first-order valence-corrected chi connectivity index (χ1v) is 12.7. The van der Waals surface area contributed by atoms with Crippen LogP contribution >= 0.6 is 0 Å². The van der Waals surface area contributed by atoms with Crippen LogP contribution in [0.25, 0.3) is 0 Å². The molecule has 1 fully saturated rings. The molecule has 10 nitrogen and oxygen atoms in total. The average molecular weight is 523 g/mol. The van der Waals surface area contributed by atoms with Crippen LogP contribution in [0.3, 0.4) is 0 Å². The lowest BCUT2D eigenvalue weighted by molar-refractivity contribution is -0.120. The van der Waals surface area contributed by atoms with Gasteiger partial charge in [0.25, 0.3) is 5.91 Å². The molecule has 4 rings (SSSR count). The second-order valence-electron chi connectivity index (χ2n) is 9.64. The van der Waals surface area contributed by atoms with Gasteiger partial charge in [0, 0.05) is 19.5 Å². The molecule has 1 atom stereocenters. The Hall–Kier alpha value is -4.07. The fraction of sp³-hybridized carbons (Fsp3) is 0.481. The Morgan fingerprint density at radius 1 is 1.18 bits per heavy atom. The van der Waals surface area contributed by atoms with Gasteiger partial charge in [0.2, 0.25) is 5.91 Å². The second kappa shape index (κ2) is 12.4. The maximum Gasteiger partial charge on any atom is 0.270 e. The van der Waals surface area contributed by atoms with Crippen molar-refractivity contribution in [2.24, 2.45) is 17.0 Å². The highest BCUT2D eigenvalue weighted by molar-refractivity contribution is 6.01. The summed E-state index contributed by atoms with van der Waals surface area (Å²) in [7, 11) is 1.39. The molecule has 1 aliphatic carbocycles. The van der Waals surface area contributed by atoms with Gasteiger partial charge in [0.05, 0.1) is 18.9 Å². The molecule has 0 radical (unpaired) electrons. The summed E-state index contributed by atoms with van der Waals surface area (Å²) in [5.74, 6) is 0.234. The summed E-state index contributed by atoms with van der Waals surface area (Å²) < 4.78 is 18.6. The topological polar surface area (TPSA) is 139 Å². The number of carbonyl (C=O) groups excluding carboxylic acids is 2. The van der Waals surface area contributed by atoms with E-state index in [2.05, 4.69) is 25.8 Å². The molecule has 0 spiro atoms. The predicted octanol–water partition coefficient (Wildman–Crippen LogP) is 3.19. The first-order valence-electron chi connectivity index (χ1n) is 12.7. The van der Waals surface area contributed by atoms with Gasteiger partial charge in [-0.25, -0.2) is 14.4 Å². The van der Waals surface area contributed by atoms with Gasteiger partial charge in [-0.3, -0.25) is 9.59 Å². The van der Waals surface area contributed by atoms with Crippen molar-refractivity contribution in [1.29, 1.82) is 5.26 Å². The average Bonchev–Trinajstić information content (AvgIpc) is 3.42. The smallest absolute Gasteiger partial charge is 0.270 e. The van der Waals surface area contributed by atoms with Gasteiger partial charge >= 0.3 is 0 Å². The maximum absolute atomic E-state index is 13.6. The summed E-state index contributed by atoms with van der Waals surface area (Å²) in [6, 6.07) is 7.88. The van der Waals surface area contributed by atoms with Crippen molar-refractivity contribution in [2.75, 3.05) is 13.7 Å². The van der Waals surface area contributed by atoms with Crippen LogP contribution in [0.1, 0.15) is 66.1 Å². The van der Waals surface area contributed by atoms with Crippen LogP contribution in [0, 0.1) is 35.9 Å². The second-order valence-corrected chi connectivity index (χ2v) is 9.64. The number of aryl methyl sites for hydroxylation is 1. The number of hydrogen-bond donors (Lipinski definition) is 2. The van der Waals surface area contributed by atoms with Crippen molar-refractivity contribution in [3.63, 3.8) is 0 Å². The predicted molar refractivity (Wildman–Crippen MR) is 136 cm³/mol. The van der Waals surface area contributed by atoms with E-state index in [-0.39, 0.29) is 42.3 Å². The number of ether oxygens (including phenoxy) is 1. The van der Waals surface area contributed by atoms with E-state index in [0.29, 0.717) is 47.6 Å². The van der Waals surface area contributed by atoms with Crippen molar-refractivity contribution in [1.82, 2.24) is 20.6 Å². The van der Waals surface area contributed by atoms with Gasteiger partial charge in [-0.05, 0) is 68.2 Å². The first-order chi connectivity index (χ1) is 18.4. The zero-order valence-corrected chi connectivity index (χ0v) is 21.5. The van der Waals surface area contributed by atoms with Crippen LogP contribution in [0.4, 0.5) is 4.39 Å². The van der Waals surface area contributed by atoms with E-state index >= 15 is 0 Å². The van der Waals surface area contributed by atoms with Crippen LogP contribution in [0.2, 0.25) is 0 Å². The molecule has 11 heteroatoms. The molecule has 38 heavy (non-hydrogen) atoms. The molecule has 1 aliphatic heterocycles. The molecule has 2 heterocycles. The molecule has 2 aliphatic rings. The largest absolute Gasteiger partial charge is 0.494 e. The minimum atomic E-state index is -0.468. The summed E-state index contributed by atoms with van der Waals surface area (Å²) in [5, 5.41) is 18.5. The number of methoxy groups -OCH3 is 1. The number of nitrogens with zero attached hydrogens (tertiary/aromatic N) is 4. The molecule has 1 aromatic heterocycles. The zero-order chi connectivity index (χ0) is 27.1. The number of halogens is 1. The summed E-state index contributed by atoms with van der Waals surface area (Å²) in [4.78, 5) is 38.9. The van der Waals surface area contributed by atoms with Gasteiger partial charge in [-0.2, -0.15) is 5.26 Å². The lowest BCUT2D eigenvalue weighted by Gasteiger charge is -2.30. The fourth-order valence-corrected chi connectivity index (χ4v) is 4.88. The molecule has 1 aromatic carbocycles. The minimum absolute atomic E-state index is 0.0554. The van der Waals surface area contributed by atoms with E-state index in [0.717, 1.165) is 25.7 Å². The Balaban J connectivity index is 1.30. The normalized spacial score (nSPS) is 20.6. The fourth-order valence-electron chi connectivity index (χ4n) is 4.88. The van der Waals surface area contributed by atoms with Crippen LogP contribution in [0.5, 0.6) is 5.75 Å². The highest BCUT2D eigenvalue weighted by atomic mass is 19.1. The number of nitrogens with one attached hydrogen (secondary N) is 2. The van der Waals surface area contributed by atoms with Gasteiger partial charge in [-0.15, -0.1) is 0 Å². The lowest BCUT2D eigenvalue weighted by Crippen LogP contribution is -2.33. The first kappa shape index (κ1) is 27.0. The molecule has 2 amide bonds. The van der Waals surface area contributed by atoms with Crippen molar-refractivity contribution in [3.05, 3.63) is 52.9 Å². The van der Waals surface area contributed by atoms with E-state index in [1.165, 1.54) is 19.2 Å². The van der Waals surface area contributed by atoms with Crippen LogP contribution in [-0.4, -0.2) is 47.3 Å². The van der Waals surface area contributed by atoms with E-state index in [1.807, 2.05) is 6.07 Å². The van der Waals surface area contributed by atoms with Gasteiger partial charge in [0.15, 0.2) is 11.6 Å². The number of carbonyl (C=O) groups is 2. The van der Waals surface area contributed by atoms with E-state index in [9.17, 15) is 14.0 Å². The van der Waals surface area contributed by atoms with Crippen molar-refractivity contribution in [3.8, 4) is 11.8 Å². The maximum atomic E-state index is 13.6. The number of oxime groups is 1. The number of benzene rings is 1. The third-order valence-electron chi connectivity index (χ3n) is 6.97. The van der Waals surface area contributed by atoms with E-state index < -0.39 is 5.82 Å². The number of rotatable bonds is 9. The van der Waals surface area contributed by atoms with Gasteiger partial charge in [-0.1, -0.05) is 11.2 Å². The SMILES string of the molecule is COc1cc(CNC(=O)c2cc(C3=NOC([C@H]4CC[C@H](CNC(=O)CC#N)CC4)C3)nc(C)n2)ccc1F. The van der Waals surface area contributed by atoms with Gasteiger partial charge in [0.1, 0.15) is 29.8 Å². The van der Waals surface area contributed by atoms with E-state index in [4.69, 9.17) is 14.8 Å². The monoisotopic (exact) mass is 522 g/mol. The molecular formula is C27H31FN6O4. The van der Waals surface area contributed by atoms with Gasteiger partial charge < -0.3 is 20.2 Å². The standard InChI is InChI=1S/C27H31FN6O4/c1-16-32-21(12-23(33-16)27(36)31-15-18-5-8-20(28)25(11-18)37-2)22-13-24(38-34-22)19-6-3-17(4-7-19)14-30-26(35)9-10-29/h5,8,11-12,17,19,24H,3-4,6-7,9,13-15H2,1-2H3,(H,30,35)(H,31,36)/t17-,19-,24?. The summed E-state index contributed by atoms with van der Waals surface area (Å²) >= 11 is 0. The molecule has 0 saturated heterocycles. The Kier molecular flexibility index (Phi) is 8.84. The Morgan fingerprint density at radius 3 is 2.71 bits per heavy atom. The lowest BCUT2D eigenvalue weighted by atomic mass is 9.78. The Bertz CT molecular complexity index is 1250. The Morgan fingerprint density at radius 2 is 1.97 bits per heavy atom. The number of aromatic nitrogens is 2. The van der Waals surface area contributed by atoms with Crippen molar-refractivity contribution >= 4 is 17.5 Å². The van der Waals surface area contributed by atoms with Crippen molar-refractivity contribution < 1.29 is 23.6 Å². The summed E-state index contributed by atoms with van der Waals surface area (Å²) in [6.45, 7) is 2.50. The molecule has 2 aromatic rings. The number of nitriles is 1. The summed E-state index contributed by atoms with van der Waals surface area (Å²) in [5.41, 5.74) is 2.15. The molecule has 0 bridgehead atoms. The van der Waals surface area contributed by atoms with Crippen LogP contribution < -0.4 is 15.4 Å². The summed E-state index contributed by atoms with van der Waals surface area (Å²) in [6.07, 6.45) is 4.32. The highest BCUT2D eigenvalue weighted by Gasteiger charge is 2.34. The van der Waals surface area contributed by atoms with Crippen LogP contribution in [0.15, 0.2) is 29.4 Å². The highest BCUT2D eigenvalue weighted by Crippen LogP contribution is 2.35. The third kappa shape index (κ3) is 6.82. The molecule has 200 valence electrons. The Labute approximate surface area is 220 Å². The molecule has 1 unspecified atom stereocenters. The van der Waals surface area contributed by atoms with Crippen molar-refractivity contribution in [2.45, 2.75) is 58.1 Å². The third-order valence-corrected chi connectivity index (χ3v) is 6.97. The minimum Gasteiger partial charge on any atom is -0.494 e. The van der Waals surface area contributed by atoms with E-state index in [1.54, 1.807) is 19.1 Å². The quantitative estimate of drug-likeness (QED) is 0.516. The molecule has 1 saturated carbocycles. The zero-order valence-electron chi connectivity index (χ0n) is 21.5. The molecular weight excluding hydrogens is 491 g/mol. The number of amides is 2. The molecule has 2 N–H and O–H groups in total.